The van der Waals surface area contributed by atoms with Crippen molar-refractivity contribution in [2.45, 2.75) is 44.8 Å². The number of carbonyl (C=O) groups excluding carboxylic acids is 1. The van der Waals surface area contributed by atoms with Crippen LogP contribution in [0.1, 0.15) is 50.0 Å². The van der Waals surface area contributed by atoms with Gasteiger partial charge in [-0.15, -0.1) is 0 Å². The molecule has 0 aromatic carbocycles. The molecule has 1 N–H and O–H groups in total. The van der Waals surface area contributed by atoms with Gasteiger partial charge in [-0.25, -0.2) is 17.6 Å². The van der Waals surface area contributed by atoms with E-state index in [1.807, 2.05) is 0 Å². The number of rotatable bonds is 6. The van der Waals surface area contributed by atoms with E-state index in [0.717, 1.165) is 12.8 Å². The molecule has 0 aliphatic carbocycles. The quantitative estimate of drug-likeness (QED) is 0.819. The van der Waals surface area contributed by atoms with E-state index < -0.39 is 36.2 Å². The minimum Gasteiger partial charge on any atom is -0.376 e. The molecule has 0 spiro atoms. The second-order valence-electron chi connectivity index (χ2n) is 5.10. The largest absolute Gasteiger partial charge is 0.376 e. The maximum atomic E-state index is 12.9. The Hall–Kier alpha value is -1.64. The van der Waals surface area contributed by atoms with Gasteiger partial charge in [0.1, 0.15) is 17.4 Å². The summed E-state index contributed by atoms with van der Waals surface area (Å²) < 4.78 is 57.0. The van der Waals surface area contributed by atoms with Crippen molar-refractivity contribution in [1.29, 1.82) is 0 Å². The first-order chi connectivity index (χ1) is 10.4. The molecule has 5 nitrogen and oxygen atoms in total. The number of alkyl halides is 4. The fourth-order valence-corrected chi connectivity index (χ4v) is 2.29. The van der Waals surface area contributed by atoms with Gasteiger partial charge in [0.15, 0.2) is 0 Å². The van der Waals surface area contributed by atoms with Crippen LogP contribution in [0.4, 0.5) is 17.6 Å². The summed E-state index contributed by atoms with van der Waals surface area (Å²) in [5.41, 5.74) is -1.47. The molecule has 2 atom stereocenters. The maximum absolute atomic E-state index is 12.9. The highest BCUT2D eigenvalue weighted by Crippen LogP contribution is 2.27. The van der Waals surface area contributed by atoms with E-state index in [0.29, 0.717) is 17.4 Å². The Labute approximate surface area is 124 Å². The van der Waals surface area contributed by atoms with E-state index in [1.165, 1.54) is 6.92 Å². The maximum Gasteiger partial charge on any atom is 0.282 e. The van der Waals surface area contributed by atoms with Gasteiger partial charge in [-0.1, -0.05) is 0 Å². The van der Waals surface area contributed by atoms with Crippen LogP contribution < -0.4 is 5.32 Å². The van der Waals surface area contributed by atoms with Crippen LogP contribution in [-0.2, 0) is 9.53 Å². The summed E-state index contributed by atoms with van der Waals surface area (Å²) in [5.74, 6) is -0.568. The molecule has 1 amide bonds. The molecule has 1 aliphatic heterocycles. The molecule has 0 saturated carbocycles. The molecule has 1 aromatic rings. The molecule has 2 rings (SSSR count). The Morgan fingerprint density at radius 2 is 2.18 bits per heavy atom. The molecule has 1 aromatic heterocycles. The fourth-order valence-electron chi connectivity index (χ4n) is 2.29. The number of aromatic nitrogens is 2. The number of nitrogens with one attached hydrogen (secondary N) is 1. The molecule has 0 bridgehead atoms. The topological polar surface area (TPSA) is 56.1 Å². The predicted octanol–water partition coefficient (Wildman–Crippen LogP) is 2.61. The number of hydrogen-bond acceptors (Lipinski definition) is 3. The number of amides is 1. The number of hydrogen-bond donors (Lipinski definition) is 1. The van der Waals surface area contributed by atoms with E-state index in [2.05, 4.69) is 10.4 Å². The Balaban J connectivity index is 2.06. The van der Waals surface area contributed by atoms with Crippen LogP contribution in [0, 0.1) is 0 Å². The summed E-state index contributed by atoms with van der Waals surface area (Å²) in [5, 5.41) is 6.00. The SMILES string of the molecule is CC(C(=O)NCC1CCCO1)n1nc(C(F)F)cc1C(F)F. The van der Waals surface area contributed by atoms with Crippen molar-refractivity contribution in [3.05, 3.63) is 17.5 Å². The normalized spacial score (nSPS) is 19.9. The van der Waals surface area contributed by atoms with Crippen LogP contribution in [0.15, 0.2) is 6.07 Å². The molecule has 1 saturated heterocycles. The van der Waals surface area contributed by atoms with Crippen LogP contribution in [0.25, 0.3) is 0 Å². The Morgan fingerprint density at radius 3 is 2.73 bits per heavy atom. The summed E-state index contributed by atoms with van der Waals surface area (Å²) in [6, 6.07) is -0.489. The summed E-state index contributed by atoms with van der Waals surface area (Å²) in [6.07, 6.45) is -4.34. The zero-order valence-corrected chi connectivity index (χ0v) is 11.9. The van der Waals surface area contributed by atoms with Crippen LogP contribution in [-0.4, -0.2) is 34.9 Å². The van der Waals surface area contributed by atoms with Crippen LogP contribution >= 0.6 is 0 Å². The number of carbonyl (C=O) groups is 1. The second-order valence-corrected chi connectivity index (χ2v) is 5.10. The second kappa shape index (κ2) is 7.08. The van der Waals surface area contributed by atoms with Crippen molar-refractivity contribution in [3.8, 4) is 0 Å². The molecule has 0 radical (unpaired) electrons. The first kappa shape index (κ1) is 16.7. The molecular weight excluding hydrogens is 306 g/mol. The van der Waals surface area contributed by atoms with Crippen molar-refractivity contribution in [2.75, 3.05) is 13.2 Å². The zero-order valence-electron chi connectivity index (χ0n) is 11.9. The third-order valence-electron chi connectivity index (χ3n) is 3.50. The van der Waals surface area contributed by atoms with Crippen molar-refractivity contribution < 1.29 is 27.1 Å². The van der Waals surface area contributed by atoms with Crippen molar-refractivity contribution >= 4 is 5.91 Å². The molecule has 9 heteroatoms. The van der Waals surface area contributed by atoms with Crippen LogP contribution in [0.5, 0.6) is 0 Å². The standard InChI is InChI=1S/C13H17F4N3O2/c1-7(13(21)18-6-8-3-2-4-22-8)20-10(12(16)17)5-9(19-20)11(14)15/h5,7-8,11-12H,2-4,6H2,1H3,(H,18,21). The highest BCUT2D eigenvalue weighted by molar-refractivity contribution is 5.79. The highest BCUT2D eigenvalue weighted by Gasteiger charge is 2.27. The van der Waals surface area contributed by atoms with Gasteiger partial charge in [0.25, 0.3) is 12.9 Å². The average Bonchev–Trinajstić information content (AvgIpc) is 3.12. The van der Waals surface area contributed by atoms with Gasteiger partial charge in [-0.05, 0) is 25.8 Å². The van der Waals surface area contributed by atoms with Crippen molar-refractivity contribution in [1.82, 2.24) is 15.1 Å². The highest BCUT2D eigenvalue weighted by atomic mass is 19.3. The lowest BCUT2D eigenvalue weighted by molar-refractivity contribution is -0.124. The molecule has 2 heterocycles. The number of ether oxygens (including phenoxy) is 1. The van der Waals surface area contributed by atoms with E-state index in [4.69, 9.17) is 4.74 Å². The molecule has 2 unspecified atom stereocenters. The summed E-state index contributed by atoms with van der Waals surface area (Å²) >= 11 is 0. The van der Waals surface area contributed by atoms with Gasteiger partial charge in [0.05, 0.1) is 6.10 Å². The van der Waals surface area contributed by atoms with E-state index in [9.17, 15) is 22.4 Å². The smallest absolute Gasteiger partial charge is 0.282 e. The Morgan fingerprint density at radius 1 is 1.45 bits per heavy atom. The first-order valence-electron chi connectivity index (χ1n) is 6.95. The zero-order chi connectivity index (χ0) is 16.3. The fraction of sp³-hybridized carbons (Fsp3) is 0.692. The molecular formula is C13H17F4N3O2. The third-order valence-corrected chi connectivity index (χ3v) is 3.50. The average molecular weight is 323 g/mol. The van der Waals surface area contributed by atoms with Gasteiger partial charge < -0.3 is 10.1 Å². The molecule has 1 aliphatic rings. The summed E-state index contributed by atoms with van der Waals surface area (Å²) in [6.45, 7) is 2.22. The van der Waals surface area contributed by atoms with Gasteiger partial charge in [-0.3, -0.25) is 9.48 Å². The van der Waals surface area contributed by atoms with Crippen molar-refractivity contribution in [3.63, 3.8) is 0 Å². The first-order valence-corrected chi connectivity index (χ1v) is 6.95. The number of halogens is 4. The third kappa shape index (κ3) is 3.76. The van der Waals surface area contributed by atoms with E-state index in [-0.39, 0.29) is 12.6 Å². The van der Waals surface area contributed by atoms with Gasteiger partial charge in [-0.2, -0.15) is 5.10 Å². The Bertz CT molecular complexity index is 515. The molecule has 124 valence electrons. The monoisotopic (exact) mass is 323 g/mol. The van der Waals surface area contributed by atoms with Gasteiger partial charge in [0.2, 0.25) is 5.91 Å². The lowest BCUT2D eigenvalue weighted by Gasteiger charge is -2.17. The molecule has 1 fully saturated rings. The lowest BCUT2D eigenvalue weighted by atomic mass is 10.2. The van der Waals surface area contributed by atoms with E-state index >= 15 is 0 Å². The summed E-state index contributed by atoms with van der Waals surface area (Å²) in [7, 11) is 0. The minimum atomic E-state index is -2.99. The molecule has 22 heavy (non-hydrogen) atoms. The van der Waals surface area contributed by atoms with Crippen LogP contribution in [0.2, 0.25) is 0 Å². The van der Waals surface area contributed by atoms with E-state index in [1.54, 1.807) is 0 Å². The number of nitrogens with zero attached hydrogens (tertiary/aromatic N) is 2. The minimum absolute atomic E-state index is 0.0973. The van der Waals surface area contributed by atoms with Crippen LogP contribution in [0.3, 0.4) is 0 Å². The van der Waals surface area contributed by atoms with Gasteiger partial charge >= 0.3 is 0 Å². The van der Waals surface area contributed by atoms with Crippen molar-refractivity contribution in [2.24, 2.45) is 0 Å². The lowest BCUT2D eigenvalue weighted by Crippen LogP contribution is -2.37. The Kier molecular flexibility index (Phi) is 5.38. The predicted molar refractivity (Wildman–Crippen MR) is 68.8 cm³/mol. The summed E-state index contributed by atoms with van der Waals surface area (Å²) in [4.78, 5) is 12.0. The van der Waals surface area contributed by atoms with Gasteiger partial charge in [0, 0.05) is 13.2 Å².